The third-order valence-electron chi connectivity index (χ3n) is 5.87. The Hall–Kier alpha value is -3.15. The van der Waals surface area contributed by atoms with Crippen LogP contribution in [-0.2, 0) is 4.79 Å². The number of nitrogens with one attached hydrogen (secondary N) is 1. The Morgan fingerprint density at radius 2 is 1.88 bits per heavy atom. The molecule has 1 aromatic carbocycles. The molecule has 0 atom stereocenters. The van der Waals surface area contributed by atoms with E-state index < -0.39 is 11.8 Å². The molecule has 4 aromatic rings. The number of anilines is 1. The number of hydrogen-bond acceptors (Lipinski definition) is 6. The van der Waals surface area contributed by atoms with Crippen molar-refractivity contribution in [1.29, 1.82) is 0 Å². The van der Waals surface area contributed by atoms with E-state index in [0.717, 1.165) is 35.1 Å². The first-order chi connectivity index (χ1) is 16.0. The number of nitrogens with zero attached hydrogens (tertiary/aromatic N) is 5. The van der Waals surface area contributed by atoms with Crippen molar-refractivity contribution in [2.75, 3.05) is 18.0 Å². The van der Waals surface area contributed by atoms with Crippen molar-refractivity contribution < 1.29 is 14.3 Å². The van der Waals surface area contributed by atoms with Crippen LogP contribution in [0, 0.1) is 15.4 Å². The van der Waals surface area contributed by atoms with Crippen LogP contribution >= 0.6 is 22.6 Å². The summed E-state index contributed by atoms with van der Waals surface area (Å²) in [6.07, 6.45) is 5.19. The fourth-order valence-corrected chi connectivity index (χ4v) is 4.51. The molecule has 1 aliphatic rings. The average Bonchev–Trinajstić information content (AvgIpc) is 3.22. The monoisotopic (exact) mass is 558 g/mol. The third kappa shape index (κ3) is 4.65. The molecule has 0 bridgehead atoms. The summed E-state index contributed by atoms with van der Waals surface area (Å²) in [5, 5.41) is 8.96. The first kappa shape index (κ1) is 21.7. The minimum absolute atomic E-state index is 0.200. The van der Waals surface area contributed by atoms with Crippen molar-refractivity contribution in [2.24, 2.45) is 5.92 Å². The lowest BCUT2D eigenvalue weighted by molar-refractivity contribution is -0.138. The van der Waals surface area contributed by atoms with E-state index in [2.05, 4.69) is 52.4 Å². The zero-order valence-electron chi connectivity index (χ0n) is 17.5. The summed E-state index contributed by atoms with van der Waals surface area (Å²) in [6, 6.07) is 8.70. The molecule has 168 valence electrons. The van der Waals surface area contributed by atoms with E-state index in [9.17, 15) is 9.18 Å². The quantitative estimate of drug-likeness (QED) is 0.274. The highest BCUT2D eigenvalue weighted by atomic mass is 127. The summed E-state index contributed by atoms with van der Waals surface area (Å²) in [6.45, 7) is 1.46. The minimum atomic E-state index is -0.751. The standard InChI is InChI=1S/C23H20FIN6O2/c24-17-10-14(1-2-16(17)21-28-18-3-4-19(25)29-22(18)30-21)15-11-26-23(27-12-15)31-7-5-13(6-8-31)9-20(32)33/h1-4,10-13H,5-9H2,(H,32,33)(H,28,29,30). The number of aromatic nitrogens is 5. The van der Waals surface area contributed by atoms with Crippen LogP contribution in [0.5, 0.6) is 0 Å². The highest BCUT2D eigenvalue weighted by Crippen LogP contribution is 2.28. The summed E-state index contributed by atoms with van der Waals surface area (Å²) in [4.78, 5) is 33.8. The maximum Gasteiger partial charge on any atom is 0.303 e. The van der Waals surface area contributed by atoms with E-state index in [1.807, 2.05) is 18.2 Å². The second-order valence-electron chi connectivity index (χ2n) is 8.09. The van der Waals surface area contributed by atoms with Crippen LogP contribution in [0.1, 0.15) is 19.3 Å². The van der Waals surface area contributed by atoms with Gasteiger partial charge in [0.05, 0.1) is 11.1 Å². The van der Waals surface area contributed by atoms with Crippen molar-refractivity contribution in [1.82, 2.24) is 24.9 Å². The van der Waals surface area contributed by atoms with Crippen LogP contribution in [0.4, 0.5) is 10.3 Å². The fraction of sp³-hybridized carbons (Fsp3) is 0.261. The molecule has 0 amide bonds. The van der Waals surface area contributed by atoms with Crippen LogP contribution in [0.3, 0.4) is 0 Å². The molecular formula is C23H20FIN6O2. The first-order valence-electron chi connectivity index (χ1n) is 10.6. The SMILES string of the molecule is O=C(O)CC1CCN(c2ncc(-c3ccc(-c4nc5nc(I)ccc5[nH]4)c(F)c3)cn2)CC1. The smallest absolute Gasteiger partial charge is 0.303 e. The molecule has 4 heterocycles. The number of aromatic amines is 1. The molecule has 8 nitrogen and oxygen atoms in total. The van der Waals surface area contributed by atoms with Crippen molar-refractivity contribution in [3.63, 3.8) is 0 Å². The van der Waals surface area contributed by atoms with E-state index in [1.165, 1.54) is 6.07 Å². The molecule has 3 aromatic heterocycles. The molecular weight excluding hydrogens is 538 g/mol. The number of carboxylic acid groups (broad SMARTS) is 1. The third-order valence-corrected chi connectivity index (χ3v) is 6.47. The van der Waals surface area contributed by atoms with Crippen LogP contribution in [0.2, 0.25) is 0 Å². The molecule has 1 aliphatic heterocycles. The van der Waals surface area contributed by atoms with Crippen LogP contribution in [0.15, 0.2) is 42.7 Å². The predicted octanol–water partition coefficient (Wildman–Crippen LogP) is 4.52. The maximum absolute atomic E-state index is 15.0. The number of carbonyl (C=O) groups is 1. The average molecular weight is 558 g/mol. The number of pyridine rings is 1. The number of halogens is 2. The summed E-state index contributed by atoms with van der Waals surface area (Å²) >= 11 is 2.12. The van der Waals surface area contributed by atoms with E-state index in [0.29, 0.717) is 34.1 Å². The lowest BCUT2D eigenvalue weighted by Gasteiger charge is -2.31. The fourth-order valence-electron chi connectivity index (χ4n) is 4.10. The number of carboxylic acids is 1. The van der Waals surface area contributed by atoms with E-state index in [4.69, 9.17) is 5.11 Å². The number of rotatable bonds is 5. The predicted molar refractivity (Wildman–Crippen MR) is 130 cm³/mol. The first-order valence-corrected chi connectivity index (χ1v) is 11.7. The zero-order valence-corrected chi connectivity index (χ0v) is 19.7. The highest BCUT2D eigenvalue weighted by molar-refractivity contribution is 14.1. The van der Waals surface area contributed by atoms with Gasteiger partial charge in [0.1, 0.15) is 15.3 Å². The van der Waals surface area contributed by atoms with E-state index >= 15 is 0 Å². The topological polar surface area (TPSA) is 108 Å². The molecule has 0 saturated carbocycles. The van der Waals surface area contributed by atoms with Crippen LogP contribution < -0.4 is 4.90 Å². The zero-order chi connectivity index (χ0) is 22.9. The minimum Gasteiger partial charge on any atom is -0.481 e. The van der Waals surface area contributed by atoms with E-state index in [-0.39, 0.29) is 12.3 Å². The van der Waals surface area contributed by atoms with Gasteiger partial charge in [-0.25, -0.2) is 24.3 Å². The Morgan fingerprint density at radius 3 is 2.58 bits per heavy atom. The number of H-pyrrole nitrogens is 1. The number of piperidine rings is 1. The summed E-state index contributed by atoms with van der Waals surface area (Å²) in [7, 11) is 0. The number of fused-ring (bicyclic) bond motifs is 1. The molecule has 0 unspecified atom stereocenters. The molecule has 5 rings (SSSR count). The second-order valence-corrected chi connectivity index (χ2v) is 9.19. The lowest BCUT2D eigenvalue weighted by Crippen LogP contribution is -2.35. The Kier molecular flexibility index (Phi) is 5.92. The number of benzene rings is 1. The van der Waals surface area contributed by atoms with Crippen molar-refractivity contribution in [2.45, 2.75) is 19.3 Å². The Balaban J connectivity index is 1.31. The van der Waals surface area contributed by atoms with Gasteiger partial charge in [-0.1, -0.05) is 6.07 Å². The second kappa shape index (κ2) is 9.00. The van der Waals surface area contributed by atoms with Crippen molar-refractivity contribution in [3.8, 4) is 22.5 Å². The van der Waals surface area contributed by atoms with Gasteiger partial charge in [0.15, 0.2) is 5.65 Å². The van der Waals surface area contributed by atoms with Gasteiger partial charge in [-0.2, -0.15) is 0 Å². The Labute approximate surface area is 202 Å². The van der Waals surface area contributed by atoms with E-state index in [1.54, 1.807) is 18.5 Å². The summed E-state index contributed by atoms with van der Waals surface area (Å²) in [5.74, 6) is 0.0889. The van der Waals surface area contributed by atoms with Gasteiger partial charge in [0, 0.05) is 37.5 Å². The maximum atomic E-state index is 15.0. The largest absolute Gasteiger partial charge is 0.481 e. The van der Waals surface area contributed by atoms with Gasteiger partial charge in [0.2, 0.25) is 5.95 Å². The van der Waals surface area contributed by atoms with Gasteiger partial charge in [0.25, 0.3) is 0 Å². The molecule has 2 N–H and O–H groups in total. The van der Waals surface area contributed by atoms with Gasteiger partial charge in [-0.05, 0) is 71.2 Å². The van der Waals surface area contributed by atoms with Crippen molar-refractivity contribution in [3.05, 3.63) is 52.2 Å². The summed E-state index contributed by atoms with van der Waals surface area (Å²) in [5.41, 5.74) is 3.06. The summed E-state index contributed by atoms with van der Waals surface area (Å²) < 4.78 is 15.8. The molecule has 0 radical (unpaired) electrons. The Morgan fingerprint density at radius 1 is 1.12 bits per heavy atom. The number of imidazole rings is 1. The van der Waals surface area contributed by atoms with Crippen molar-refractivity contribution >= 4 is 45.7 Å². The van der Waals surface area contributed by atoms with Gasteiger partial charge < -0.3 is 15.0 Å². The van der Waals surface area contributed by atoms with Crippen LogP contribution in [0.25, 0.3) is 33.7 Å². The molecule has 0 spiro atoms. The van der Waals surface area contributed by atoms with Gasteiger partial charge in [-0.3, -0.25) is 4.79 Å². The number of hydrogen-bond donors (Lipinski definition) is 2. The van der Waals surface area contributed by atoms with Gasteiger partial charge in [-0.15, -0.1) is 0 Å². The molecule has 33 heavy (non-hydrogen) atoms. The molecule has 1 fully saturated rings. The number of aliphatic carboxylic acids is 1. The molecule has 10 heteroatoms. The lowest BCUT2D eigenvalue weighted by atomic mass is 9.94. The normalized spacial score (nSPS) is 14.7. The van der Waals surface area contributed by atoms with Crippen LogP contribution in [-0.4, -0.2) is 49.1 Å². The Bertz CT molecular complexity index is 1320. The molecule has 0 aliphatic carbocycles. The van der Waals surface area contributed by atoms with Gasteiger partial charge >= 0.3 is 5.97 Å². The highest BCUT2D eigenvalue weighted by Gasteiger charge is 2.23. The molecule has 1 saturated heterocycles.